The number of rotatable bonds is 4. The highest BCUT2D eigenvalue weighted by Crippen LogP contribution is 2.26. The van der Waals surface area contributed by atoms with E-state index in [0.29, 0.717) is 6.54 Å². The smallest absolute Gasteiger partial charge is 0.134 e. The zero-order valence-electron chi connectivity index (χ0n) is 11.6. The summed E-state index contributed by atoms with van der Waals surface area (Å²) in [6.45, 7) is 2.38. The average Bonchev–Trinajstić information content (AvgIpc) is 2.52. The van der Waals surface area contributed by atoms with Crippen LogP contribution in [0.15, 0.2) is 35.1 Å². The number of anilines is 2. The summed E-state index contributed by atoms with van der Waals surface area (Å²) in [7, 11) is 0. The van der Waals surface area contributed by atoms with Gasteiger partial charge in [-0.3, -0.25) is 0 Å². The van der Waals surface area contributed by atoms with Crippen LogP contribution < -0.4 is 10.2 Å². The second-order valence-corrected chi connectivity index (χ2v) is 5.91. The van der Waals surface area contributed by atoms with Gasteiger partial charge >= 0.3 is 0 Å². The number of aliphatic hydroxyl groups excluding tert-OH is 1. The van der Waals surface area contributed by atoms with Gasteiger partial charge in [0.1, 0.15) is 18.0 Å². The lowest BCUT2D eigenvalue weighted by Crippen LogP contribution is -2.31. The Balaban J connectivity index is 1.79. The normalized spacial score (nSPS) is 13.9. The second kappa shape index (κ2) is 6.41. The van der Waals surface area contributed by atoms with E-state index < -0.39 is 0 Å². The molecule has 1 aromatic heterocycles. The van der Waals surface area contributed by atoms with Crippen LogP contribution in [0.1, 0.15) is 11.1 Å². The van der Waals surface area contributed by atoms with E-state index in [4.69, 9.17) is 5.11 Å². The van der Waals surface area contributed by atoms with E-state index >= 15 is 0 Å². The summed E-state index contributed by atoms with van der Waals surface area (Å²) in [6.07, 6.45) is 2.58. The molecule has 2 N–H and O–H groups in total. The number of halogens is 1. The SMILES string of the molecule is OCCNc1cc(N2CCc3ccc(Br)cc3C2)ncn1. The van der Waals surface area contributed by atoms with Gasteiger partial charge in [-0.05, 0) is 29.7 Å². The van der Waals surface area contributed by atoms with E-state index in [1.807, 2.05) is 6.07 Å². The van der Waals surface area contributed by atoms with E-state index in [9.17, 15) is 0 Å². The first-order valence-corrected chi connectivity index (χ1v) is 7.74. The van der Waals surface area contributed by atoms with Crippen molar-refractivity contribution < 1.29 is 5.11 Å². The predicted molar refractivity (Wildman–Crippen MR) is 86.5 cm³/mol. The molecule has 0 radical (unpaired) electrons. The minimum Gasteiger partial charge on any atom is -0.395 e. The lowest BCUT2D eigenvalue weighted by atomic mass is 10.00. The Morgan fingerprint density at radius 1 is 1.24 bits per heavy atom. The fourth-order valence-corrected chi connectivity index (χ4v) is 2.93. The predicted octanol–water partition coefficient (Wildman–Crippen LogP) is 2.21. The molecule has 0 amide bonds. The Bertz CT molecular complexity index is 635. The second-order valence-electron chi connectivity index (χ2n) is 5.00. The molecule has 3 rings (SSSR count). The number of aromatic nitrogens is 2. The van der Waals surface area contributed by atoms with Crippen LogP contribution in [0, 0.1) is 0 Å². The zero-order chi connectivity index (χ0) is 14.7. The molecule has 5 nitrogen and oxygen atoms in total. The molecule has 1 aliphatic heterocycles. The summed E-state index contributed by atoms with van der Waals surface area (Å²) in [5.74, 6) is 1.66. The molecule has 0 bridgehead atoms. The van der Waals surface area contributed by atoms with E-state index in [0.717, 1.165) is 35.6 Å². The van der Waals surface area contributed by atoms with Crippen LogP contribution in [-0.4, -0.2) is 34.8 Å². The lowest BCUT2D eigenvalue weighted by molar-refractivity contribution is 0.311. The van der Waals surface area contributed by atoms with Crippen LogP contribution in [0.3, 0.4) is 0 Å². The highest BCUT2D eigenvalue weighted by atomic mass is 79.9. The summed E-state index contributed by atoms with van der Waals surface area (Å²) in [5.41, 5.74) is 2.74. The van der Waals surface area contributed by atoms with Gasteiger partial charge in [0.05, 0.1) is 6.61 Å². The van der Waals surface area contributed by atoms with Gasteiger partial charge in [0.2, 0.25) is 0 Å². The van der Waals surface area contributed by atoms with Crippen molar-refractivity contribution >= 4 is 27.6 Å². The Kier molecular flexibility index (Phi) is 4.36. The third kappa shape index (κ3) is 3.33. The maximum atomic E-state index is 8.86. The monoisotopic (exact) mass is 348 g/mol. The van der Waals surface area contributed by atoms with Gasteiger partial charge < -0.3 is 15.3 Å². The molecule has 0 fully saturated rings. The molecule has 0 spiro atoms. The third-order valence-electron chi connectivity index (χ3n) is 3.58. The molecule has 1 aliphatic rings. The first kappa shape index (κ1) is 14.3. The van der Waals surface area contributed by atoms with Crippen molar-refractivity contribution in [3.63, 3.8) is 0 Å². The minimum absolute atomic E-state index is 0.0878. The minimum atomic E-state index is 0.0878. The van der Waals surface area contributed by atoms with Gasteiger partial charge in [0.15, 0.2) is 0 Å². The van der Waals surface area contributed by atoms with Crippen molar-refractivity contribution in [2.45, 2.75) is 13.0 Å². The van der Waals surface area contributed by atoms with Crippen LogP contribution >= 0.6 is 15.9 Å². The Hall–Kier alpha value is -1.66. The molecule has 110 valence electrons. The molecule has 6 heteroatoms. The van der Waals surface area contributed by atoms with Crippen LogP contribution in [0.4, 0.5) is 11.6 Å². The van der Waals surface area contributed by atoms with Gasteiger partial charge in [-0.2, -0.15) is 0 Å². The molecular weight excluding hydrogens is 332 g/mol. The zero-order valence-corrected chi connectivity index (χ0v) is 13.2. The fourth-order valence-electron chi connectivity index (χ4n) is 2.52. The number of benzene rings is 1. The Labute approximate surface area is 132 Å². The molecule has 2 aromatic rings. The molecular formula is C15H17BrN4O. The molecule has 0 atom stereocenters. The van der Waals surface area contributed by atoms with Crippen molar-refractivity contribution in [1.29, 1.82) is 0 Å². The van der Waals surface area contributed by atoms with Gasteiger partial charge in [-0.25, -0.2) is 9.97 Å². The molecule has 21 heavy (non-hydrogen) atoms. The van der Waals surface area contributed by atoms with Gasteiger partial charge in [-0.15, -0.1) is 0 Å². The molecule has 1 aromatic carbocycles. The maximum absolute atomic E-state index is 8.86. The molecule has 0 saturated carbocycles. The first-order valence-electron chi connectivity index (χ1n) is 6.95. The first-order chi connectivity index (χ1) is 10.3. The number of aliphatic hydroxyl groups is 1. The Morgan fingerprint density at radius 2 is 2.14 bits per heavy atom. The summed E-state index contributed by atoms with van der Waals surface area (Å²) >= 11 is 3.53. The van der Waals surface area contributed by atoms with E-state index in [-0.39, 0.29) is 6.61 Å². The number of hydrogen-bond donors (Lipinski definition) is 2. The van der Waals surface area contributed by atoms with E-state index in [1.165, 1.54) is 11.1 Å². The summed E-state index contributed by atoms with van der Waals surface area (Å²) in [6, 6.07) is 8.38. The van der Waals surface area contributed by atoms with Crippen LogP contribution in [0.5, 0.6) is 0 Å². The summed E-state index contributed by atoms with van der Waals surface area (Å²) in [4.78, 5) is 10.8. The molecule has 0 saturated heterocycles. The highest BCUT2D eigenvalue weighted by Gasteiger charge is 2.18. The fraction of sp³-hybridized carbons (Fsp3) is 0.333. The Morgan fingerprint density at radius 3 is 3.00 bits per heavy atom. The third-order valence-corrected chi connectivity index (χ3v) is 4.07. The van der Waals surface area contributed by atoms with Gasteiger partial charge in [0, 0.05) is 30.2 Å². The topological polar surface area (TPSA) is 61.3 Å². The summed E-state index contributed by atoms with van der Waals surface area (Å²) < 4.78 is 1.11. The van der Waals surface area contributed by atoms with Gasteiger partial charge in [0.25, 0.3) is 0 Å². The van der Waals surface area contributed by atoms with Crippen molar-refractivity contribution in [3.8, 4) is 0 Å². The maximum Gasteiger partial charge on any atom is 0.134 e. The van der Waals surface area contributed by atoms with Gasteiger partial charge in [-0.1, -0.05) is 22.0 Å². The summed E-state index contributed by atoms with van der Waals surface area (Å²) in [5, 5.41) is 11.9. The highest BCUT2D eigenvalue weighted by molar-refractivity contribution is 9.10. The van der Waals surface area contributed by atoms with Crippen LogP contribution in [-0.2, 0) is 13.0 Å². The van der Waals surface area contributed by atoms with Crippen LogP contribution in [0.25, 0.3) is 0 Å². The van der Waals surface area contributed by atoms with Crippen molar-refractivity contribution in [1.82, 2.24) is 9.97 Å². The van der Waals surface area contributed by atoms with Crippen LogP contribution in [0.2, 0.25) is 0 Å². The van der Waals surface area contributed by atoms with E-state index in [1.54, 1.807) is 6.33 Å². The van der Waals surface area contributed by atoms with E-state index in [2.05, 4.69) is 54.3 Å². The van der Waals surface area contributed by atoms with Crippen molar-refractivity contribution in [3.05, 3.63) is 46.2 Å². The standard InChI is InChI=1S/C15H17BrN4O/c16-13-2-1-11-3-5-20(9-12(11)7-13)15-8-14(17-4-6-21)18-10-19-15/h1-2,7-8,10,21H,3-6,9H2,(H,17,18,19). The quantitative estimate of drug-likeness (QED) is 0.886. The molecule has 0 aliphatic carbocycles. The largest absolute Gasteiger partial charge is 0.395 e. The molecule has 2 heterocycles. The lowest BCUT2D eigenvalue weighted by Gasteiger charge is -2.30. The number of nitrogens with zero attached hydrogens (tertiary/aromatic N) is 3. The average molecular weight is 349 g/mol. The number of nitrogens with one attached hydrogen (secondary N) is 1. The number of hydrogen-bond acceptors (Lipinski definition) is 5. The van der Waals surface area contributed by atoms with Crippen molar-refractivity contribution in [2.24, 2.45) is 0 Å². The number of fused-ring (bicyclic) bond motifs is 1. The van der Waals surface area contributed by atoms with Crippen molar-refractivity contribution in [2.75, 3.05) is 29.9 Å². The molecule has 0 unspecified atom stereocenters.